The first-order chi connectivity index (χ1) is 9.73. The zero-order valence-corrected chi connectivity index (χ0v) is 12.2. The topological polar surface area (TPSA) is 17.1 Å². The molecule has 0 heterocycles. The second-order valence-electron chi connectivity index (χ2n) is 6.91. The van der Waals surface area contributed by atoms with Crippen molar-refractivity contribution in [1.29, 1.82) is 0 Å². The van der Waals surface area contributed by atoms with Gasteiger partial charge in [-0.05, 0) is 54.7 Å². The van der Waals surface area contributed by atoms with Gasteiger partial charge in [0, 0.05) is 11.8 Å². The Morgan fingerprint density at radius 3 is 2.90 bits per heavy atom. The van der Waals surface area contributed by atoms with E-state index < -0.39 is 0 Å². The summed E-state index contributed by atoms with van der Waals surface area (Å²) in [5.74, 6) is 1.12. The van der Waals surface area contributed by atoms with Gasteiger partial charge in [-0.3, -0.25) is 4.79 Å². The van der Waals surface area contributed by atoms with Crippen molar-refractivity contribution in [2.75, 3.05) is 0 Å². The molecule has 4 rings (SSSR count). The molecule has 3 aliphatic rings. The fourth-order valence-electron chi connectivity index (χ4n) is 4.79. The lowest BCUT2D eigenvalue weighted by atomic mass is 9.62. The molecule has 0 aromatic heterocycles. The van der Waals surface area contributed by atoms with E-state index in [4.69, 9.17) is 0 Å². The van der Waals surface area contributed by atoms with Crippen molar-refractivity contribution in [3.8, 4) is 0 Å². The molecule has 1 nitrogen and oxygen atoms in total. The van der Waals surface area contributed by atoms with E-state index in [-0.39, 0.29) is 5.41 Å². The van der Waals surface area contributed by atoms with Gasteiger partial charge in [0.25, 0.3) is 0 Å². The number of carbonyl (C=O) groups is 1. The molecule has 1 spiro atoms. The fourth-order valence-corrected chi connectivity index (χ4v) is 4.79. The maximum Gasteiger partial charge on any atom is 0.144 e. The van der Waals surface area contributed by atoms with Gasteiger partial charge >= 0.3 is 0 Å². The number of rotatable bonds is 2. The van der Waals surface area contributed by atoms with Crippen molar-refractivity contribution >= 4 is 5.78 Å². The first kappa shape index (κ1) is 12.4. The molecular weight excluding hydrogens is 244 g/mol. The molecule has 2 bridgehead atoms. The van der Waals surface area contributed by atoms with Gasteiger partial charge in [-0.2, -0.15) is 0 Å². The van der Waals surface area contributed by atoms with Gasteiger partial charge in [0.1, 0.15) is 5.78 Å². The average molecular weight is 266 g/mol. The lowest BCUT2D eigenvalue weighted by Crippen LogP contribution is -2.42. The molecule has 1 aromatic carbocycles. The van der Waals surface area contributed by atoms with Crippen LogP contribution in [0.4, 0.5) is 0 Å². The Kier molecular flexibility index (Phi) is 2.67. The summed E-state index contributed by atoms with van der Waals surface area (Å²) in [5, 5.41) is 0. The predicted molar refractivity (Wildman–Crippen MR) is 80.7 cm³/mol. The Bertz CT molecular complexity index is 610. The van der Waals surface area contributed by atoms with Crippen LogP contribution in [-0.2, 0) is 24.1 Å². The summed E-state index contributed by atoms with van der Waals surface area (Å²) in [6, 6.07) is 6.59. The highest BCUT2D eigenvalue weighted by atomic mass is 16.1. The lowest BCUT2D eigenvalue weighted by molar-refractivity contribution is -0.131. The van der Waals surface area contributed by atoms with Crippen LogP contribution < -0.4 is 0 Å². The molecule has 20 heavy (non-hydrogen) atoms. The molecule has 0 amide bonds. The van der Waals surface area contributed by atoms with E-state index in [1.54, 1.807) is 5.57 Å². The summed E-state index contributed by atoms with van der Waals surface area (Å²) in [6.07, 6.45) is 9.80. The number of fused-ring (bicyclic) bond motifs is 4. The van der Waals surface area contributed by atoms with E-state index in [9.17, 15) is 4.79 Å². The number of Topliss-reactive ketones (excluding diaryl/α,β-unsaturated/α-hetero) is 1. The minimum absolute atomic E-state index is 0.0269. The van der Waals surface area contributed by atoms with Gasteiger partial charge in [-0.25, -0.2) is 0 Å². The number of hydrogen-bond donors (Lipinski definition) is 0. The minimum atomic E-state index is -0.0269. The van der Waals surface area contributed by atoms with Gasteiger partial charge in [-0.1, -0.05) is 43.2 Å². The summed E-state index contributed by atoms with van der Waals surface area (Å²) >= 11 is 0. The van der Waals surface area contributed by atoms with Crippen molar-refractivity contribution in [3.05, 3.63) is 46.5 Å². The Morgan fingerprint density at radius 2 is 2.20 bits per heavy atom. The number of ketones is 1. The summed E-state index contributed by atoms with van der Waals surface area (Å²) in [7, 11) is 0. The number of allylic oxidation sites excluding steroid dienone is 2. The standard InChI is InChI=1S/C19H22O/c1-2-4-14-5-3-6-15-10-18(20)19(12-17(14)15)11-13-7-8-16(19)9-13/h3,5-7,16H,2,4,8-12H2,1H3. The molecule has 0 N–H and O–H groups in total. The third-order valence-corrected chi connectivity index (χ3v) is 5.81. The molecule has 1 fully saturated rings. The largest absolute Gasteiger partial charge is 0.299 e. The molecule has 2 unspecified atom stereocenters. The lowest BCUT2D eigenvalue weighted by Gasteiger charge is -2.39. The van der Waals surface area contributed by atoms with Crippen molar-refractivity contribution in [3.63, 3.8) is 0 Å². The van der Waals surface area contributed by atoms with Crippen LogP contribution in [0.25, 0.3) is 0 Å². The maximum absolute atomic E-state index is 12.8. The first-order valence-electron chi connectivity index (χ1n) is 8.04. The molecule has 104 valence electrons. The predicted octanol–water partition coefficient (Wildman–Crippen LogP) is 4.03. The smallest absolute Gasteiger partial charge is 0.144 e. The van der Waals surface area contributed by atoms with E-state index >= 15 is 0 Å². The molecular formula is C19H22O. The van der Waals surface area contributed by atoms with Gasteiger partial charge in [-0.15, -0.1) is 0 Å². The Morgan fingerprint density at radius 1 is 1.30 bits per heavy atom. The molecule has 0 saturated heterocycles. The highest BCUT2D eigenvalue weighted by Crippen LogP contribution is 2.57. The number of carbonyl (C=O) groups excluding carboxylic acids is 1. The van der Waals surface area contributed by atoms with Crippen LogP contribution in [0.1, 0.15) is 49.3 Å². The summed E-state index contributed by atoms with van der Waals surface area (Å²) in [5.41, 5.74) is 5.85. The molecule has 0 aliphatic heterocycles. The Balaban J connectivity index is 1.78. The van der Waals surface area contributed by atoms with Crippen LogP contribution in [0.3, 0.4) is 0 Å². The van der Waals surface area contributed by atoms with Crippen LogP contribution >= 0.6 is 0 Å². The van der Waals surface area contributed by atoms with Crippen LogP contribution in [0, 0.1) is 11.3 Å². The second-order valence-corrected chi connectivity index (χ2v) is 6.91. The molecule has 0 radical (unpaired) electrons. The third-order valence-electron chi connectivity index (χ3n) is 5.81. The number of benzene rings is 1. The van der Waals surface area contributed by atoms with Crippen molar-refractivity contribution < 1.29 is 4.79 Å². The minimum Gasteiger partial charge on any atom is -0.299 e. The van der Waals surface area contributed by atoms with E-state index in [0.29, 0.717) is 18.1 Å². The zero-order valence-electron chi connectivity index (χ0n) is 12.2. The number of aryl methyl sites for hydroxylation is 1. The van der Waals surface area contributed by atoms with Crippen molar-refractivity contribution in [1.82, 2.24) is 0 Å². The summed E-state index contributed by atoms with van der Waals surface area (Å²) < 4.78 is 0. The quantitative estimate of drug-likeness (QED) is 0.739. The van der Waals surface area contributed by atoms with Crippen LogP contribution in [0.5, 0.6) is 0 Å². The van der Waals surface area contributed by atoms with Crippen LogP contribution in [0.2, 0.25) is 0 Å². The molecule has 2 atom stereocenters. The summed E-state index contributed by atoms with van der Waals surface area (Å²) in [6.45, 7) is 2.24. The van der Waals surface area contributed by atoms with Crippen molar-refractivity contribution in [2.45, 2.75) is 51.9 Å². The highest BCUT2D eigenvalue weighted by molar-refractivity contribution is 5.91. The normalized spacial score (nSPS) is 30.8. The molecule has 1 saturated carbocycles. The van der Waals surface area contributed by atoms with E-state index in [2.05, 4.69) is 31.2 Å². The van der Waals surface area contributed by atoms with Gasteiger partial charge in [0.05, 0.1) is 0 Å². The van der Waals surface area contributed by atoms with Gasteiger partial charge in [0.15, 0.2) is 0 Å². The van der Waals surface area contributed by atoms with E-state index in [1.807, 2.05) is 0 Å². The third kappa shape index (κ3) is 1.58. The van der Waals surface area contributed by atoms with Crippen LogP contribution in [0.15, 0.2) is 29.8 Å². The molecule has 3 aliphatic carbocycles. The van der Waals surface area contributed by atoms with Crippen LogP contribution in [-0.4, -0.2) is 5.78 Å². The average Bonchev–Trinajstić information content (AvgIpc) is 3.02. The Hall–Kier alpha value is -1.37. The molecule has 1 aromatic rings. The zero-order chi connectivity index (χ0) is 13.7. The van der Waals surface area contributed by atoms with Gasteiger partial charge < -0.3 is 0 Å². The first-order valence-corrected chi connectivity index (χ1v) is 8.04. The highest BCUT2D eigenvalue weighted by Gasteiger charge is 2.53. The van der Waals surface area contributed by atoms with E-state index in [0.717, 1.165) is 25.7 Å². The fraction of sp³-hybridized carbons (Fsp3) is 0.526. The van der Waals surface area contributed by atoms with E-state index in [1.165, 1.54) is 29.5 Å². The Labute approximate surface area is 121 Å². The summed E-state index contributed by atoms with van der Waals surface area (Å²) in [4.78, 5) is 12.8. The second kappa shape index (κ2) is 4.31. The monoisotopic (exact) mass is 266 g/mol. The SMILES string of the molecule is CCCc1cccc2c1CC1(CC3=CCC1C3)C(=O)C2. The molecule has 1 heteroatoms. The number of hydrogen-bond acceptors (Lipinski definition) is 1. The van der Waals surface area contributed by atoms with Crippen molar-refractivity contribution in [2.24, 2.45) is 11.3 Å². The maximum atomic E-state index is 12.8. The van der Waals surface area contributed by atoms with Gasteiger partial charge in [0.2, 0.25) is 0 Å².